The molecule has 1 rings (SSSR count). The second kappa shape index (κ2) is 5.07. The molecule has 0 N–H and O–H groups in total. The molecule has 0 radical (unpaired) electrons. The number of methoxy groups -OCH3 is 1. The van der Waals surface area contributed by atoms with Gasteiger partial charge >= 0.3 is 5.97 Å². The molecule has 1 aromatic heterocycles. The molecule has 1 heterocycles. The summed E-state index contributed by atoms with van der Waals surface area (Å²) in [5.41, 5.74) is 9.55. The Kier molecular flexibility index (Phi) is 3.76. The minimum absolute atomic E-state index is 0.368. The van der Waals surface area contributed by atoms with Crippen molar-refractivity contribution in [3.05, 3.63) is 34.0 Å². The van der Waals surface area contributed by atoms with Crippen LogP contribution in [0.1, 0.15) is 16.2 Å². The van der Waals surface area contributed by atoms with E-state index in [1.54, 1.807) is 17.7 Å². The lowest BCUT2D eigenvalue weighted by molar-refractivity contribution is 0.0589. The van der Waals surface area contributed by atoms with Crippen molar-refractivity contribution >= 4 is 5.97 Å². The molecular formula is C9H12N4O2. The maximum atomic E-state index is 11.3. The fourth-order valence-electron chi connectivity index (χ4n) is 1.32. The molecule has 0 fully saturated rings. The van der Waals surface area contributed by atoms with Crippen molar-refractivity contribution in [2.45, 2.75) is 6.42 Å². The highest BCUT2D eigenvalue weighted by Gasteiger charge is 2.11. The Bertz CT molecular complexity index is 404. The lowest BCUT2D eigenvalue weighted by Crippen LogP contribution is -2.09. The van der Waals surface area contributed by atoms with Crippen molar-refractivity contribution in [3.8, 4) is 0 Å². The fraction of sp³-hybridized carbons (Fsp3) is 0.444. The Morgan fingerprint density at radius 3 is 3.00 bits per heavy atom. The number of aromatic nitrogens is 1. The van der Waals surface area contributed by atoms with Gasteiger partial charge in [-0.05, 0) is 24.1 Å². The number of rotatable bonds is 4. The summed E-state index contributed by atoms with van der Waals surface area (Å²) in [6.45, 7) is 0.384. The average Bonchev–Trinajstić information content (AvgIpc) is 2.60. The van der Waals surface area contributed by atoms with E-state index in [2.05, 4.69) is 14.8 Å². The lowest BCUT2D eigenvalue weighted by Gasteiger charge is -2.04. The third-order valence-electron chi connectivity index (χ3n) is 2.15. The first-order valence-electron chi connectivity index (χ1n) is 4.44. The minimum atomic E-state index is -0.368. The Labute approximate surface area is 87.1 Å². The summed E-state index contributed by atoms with van der Waals surface area (Å²) in [6, 6.07) is 3.51. The summed E-state index contributed by atoms with van der Waals surface area (Å²) >= 11 is 0. The van der Waals surface area contributed by atoms with Gasteiger partial charge in [0.1, 0.15) is 5.69 Å². The third-order valence-corrected chi connectivity index (χ3v) is 2.15. The quantitative estimate of drug-likeness (QED) is 0.326. The summed E-state index contributed by atoms with van der Waals surface area (Å²) < 4.78 is 6.35. The molecule has 0 amide bonds. The van der Waals surface area contributed by atoms with Crippen molar-refractivity contribution in [3.63, 3.8) is 0 Å². The van der Waals surface area contributed by atoms with Crippen LogP contribution in [0.15, 0.2) is 17.2 Å². The highest BCUT2D eigenvalue weighted by Crippen LogP contribution is 2.09. The van der Waals surface area contributed by atoms with Crippen molar-refractivity contribution in [1.82, 2.24) is 4.57 Å². The Morgan fingerprint density at radius 2 is 2.40 bits per heavy atom. The molecule has 6 heteroatoms. The van der Waals surface area contributed by atoms with Crippen molar-refractivity contribution in [1.29, 1.82) is 0 Å². The topological polar surface area (TPSA) is 80.0 Å². The number of esters is 1. The Hall–Kier alpha value is -1.94. The van der Waals surface area contributed by atoms with Gasteiger partial charge < -0.3 is 9.30 Å². The lowest BCUT2D eigenvalue weighted by atomic mass is 10.3. The summed E-state index contributed by atoms with van der Waals surface area (Å²) in [7, 11) is 3.12. The second-order valence-corrected chi connectivity index (χ2v) is 2.96. The van der Waals surface area contributed by atoms with Crippen LogP contribution < -0.4 is 0 Å². The van der Waals surface area contributed by atoms with Crippen LogP contribution >= 0.6 is 0 Å². The van der Waals surface area contributed by atoms with Gasteiger partial charge in [-0.1, -0.05) is 5.11 Å². The summed E-state index contributed by atoms with van der Waals surface area (Å²) in [4.78, 5) is 13.9. The van der Waals surface area contributed by atoms with Gasteiger partial charge in [0.25, 0.3) is 0 Å². The monoisotopic (exact) mass is 208 g/mol. The number of nitrogens with zero attached hydrogens (tertiary/aromatic N) is 4. The second-order valence-electron chi connectivity index (χ2n) is 2.96. The zero-order valence-corrected chi connectivity index (χ0v) is 8.67. The van der Waals surface area contributed by atoms with Crippen LogP contribution in [0.25, 0.3) is 10.4 Å². The first-order valence-corrected chi connectivity index (χ1v) is 4.44. The molecule has 0 atom stereocenters. The largest absolute Gasteiger partial charge is 0.464 e. The number of azide groups is 1. The number of hydrogen-bond acceptors (Lipinski definition) is 3. The van der Waals surface area contributed by atoms with E-state index in [0.29, 0.717) is 18.7 Å². The van der Waals surface area contributed by atoms with Crippen LogP contribution in [-0.4, -0.2) is 24.2 Å². The molecule has 6 nitrogen and oxygen atoms in total. The molecule has 0 saturated carbocycles. The zero-order chi connectivity index (χ0) is 11.3. The first kappa shape index (κ1) is 11.1. The zero-order valence-electron chi connectivity index (χ0n) is 8.67. The van der Waals surface area contributed by atoms with Crippen LogP contribution in [0.4, 0.5) is 0 Å². The molecule has 15 heavy (non-hydrogen) atoms. The van der Waals surface area contributed by atoms with E-state index < -0.39 is 0 Å². The van der Waals surface area contributed by atoms with Crippen LogP contribution in [0, 0.1) is 0 Å². The third kappa shape index (κ3) is 2.51. The smallest absolute Gasteiger partial charge is 0.354 e. The fourth-order valence-corrected chi connectivity index (χ4v) is 1.32. The maximum absolute atomic E-state index is 11.3. The van der Waals surface area contributed by atoms with E-state index in [-0.39, 0.29) is 5.97 Å². The molecular weight excluding hydrogens is 196 g/mol. The molecule has 0 aromatic carbocycles. The van der Waals surface area contributed by atoms with Gasteiger partial charge in [0.05, 0.1) is 7.11 Å². The van der Waals surface area contributed by atoms with Gasteiger partial charge in [0.2, 0.25) is 0 Å². The summed E-state index contributed by atoms with van der Waals surface area (Å²) in [5, 5.41) is 3.43. The molecule has 0 aliphatic heterocycles. The SMILES string of the molecule is COC(=O)c1ccc(CCN=[N+]=[N-])n1C. The van der Waals surface area contributed by atoms with Gasteiger partial charge in [-0.15, -0.1) is 0 Å². The van der Waals surface area contributed by atoms with Gasteiger partial charge in [0.15, 0.2) is 0 Å². The molecule has 0 saturated heterocycles. The van der Waals surface area contributed by atoms with Crippen molar-refractivity contribution < 1.29 is 9.53 Å². The summed E-state index contributed by atoms with van der Waals surface area (Å²) in [5.74, 6) is -0.368. The predicted octanol–water partition coefficient (Wildman–Crippen LogP) is 1.66. The average molecular weight is 208 g/mol. The Balaban J connectivity index is 2.79. The molecule has 0 aliphatic carbocycles. The van der Waals surface area contributed by atoms with Crippen LogP contribution in [-0.2, 0) is 18.2 Å². The number of hydrogen-bond donors (Lipinski definition) is 0. The maximum Gasteiger partial charge on any atom is 0.354 e. The van der Waals surface area contributed by atoms with E-state index in [9.17, 15) is 4.79 Å². The van der Waals surface area contributed by atoms with Gasteiger partial charge in [-0.3, -0.25) is 0 Å². The normalized spacial score (nSPS) is 9.47. The van der Waals surface area contributed by atoms with Gasteiger partial charge in [0, 0.05) is 24.2 Å². The van der Waals surface area contributed by atoms with Crippen molar-refractivity contribution in [2.75, 3.05) is 13.7 Å². The highest BCUT2D eigenvalue weighted by atomic mass is 16.5. The van der Waals surface area contributed by atoms with Crippen LogP contribution in [0.2, 0.25) is 0 Å². The van der Waals surface area contributed by atoms with E-state index in [4.69, 9.17) is 5.53 Å². The molecule has 1 aromatic rings. The standard InChI is InChI=1S/C9H12N4O2/c1-13-7(5-6-11-12-10)3-4-8(13)9(14)15-2/h3-4H,5-6H2,1-2H3. The van der Waals surface area contributed by atoms with Gasteiger partial charge in [-0.25, -0.2) is 4.79 Å². The Morgan fingerprint density at radius 1 is 1.67 bits per heavy atom. The summed E-state index contributed by atoms with van der Waals surface area (Å²) in [6.07, 6.45) is 0.609. The first-order chi connectivity index (χ1) is 7.20. The van der Waals surface area contributed by atoms with Crippen LogP contribution in [0.3, 0.4) is 0 Å². The predicted molar refractivity (Wildman–Crippen MR) is 54.5 cm³/mol. The van der Waals surface area contributed by atoms with Crippen LogP contribution in [0.5, 0.6) is 0 Å². The number of carbonyl (C=O) groups is 1. The molecule has 0 bridgehead atoms. The van der Waals surface area contributed by atoms with E-state index >= 15 is 0 Å². The number of ether oxygens (including phenoxy) is 1. The highest BCUT2D eigenvalue weighted by molar-refractivity contribution is 5.87. The minimum Gasteiger partial charge on any atom is -0.464 e. The molecule has 0 spiro atoms. The molecule has 80 valence electrons. The molecule has 0 aliphatic rings. The number of carbonyl (C=O) groups excluding carboxylic acids is 1. The van der Waals surface area contributed by atoms with E-state index in [1.807, 2.05) is 6.07 Å². The van der Waals surface area contributed by atoms with Gasteiger partial charge in [-0.2, -0.15) is 0 Å². The van der Waals surface area contributed by atoms with E-state index in [1.165, 1.54) is 7.11 Å². The van der Waals surface area contributed by atoms with Crippen molar-refractivity contribution in [2.24, 2.45) is 12.2 Å². The molecule has 0 unspecified atom stereocenters. The van der Waals surface area contributed by atoms with E-state index in [0.717, 1.165) is 5.69 Å².